The van der Waals surface area contributed by atoms with Crippen LogP contribution in [0.1, 0.15) is 15.9 Å². The largest absolute Gasteiger partial charge is 0.475 e. The lowest BCUT2D eigenvalue weighted by molar-refractivity contribution is -0.132. The second-order valence-corrected chi connectivity index (χ2v) is 3.12. The summed E-state index contributed by atoms with van der Waals surface area (Å²) in [4.78, 5) is 21.2. The van der Waals surface area contributed by atoms with E-state index in [1.807, 2.05) is 0 Å². The lowest BCUT2D eigenvalue weighted by atomic mass is 10.1. The summed E-state index contributed by atoms with van der Waals surface area (Å²) in [7, 11) is 0. The molecule has 0 unspecified atom stereocenters. The second-order valence-electron chi connectivity index (χ2n) is 3.12. The van der Waals surface area contributed by atoms with Crippen LogP contribution in [0.3, 0.4) is 0 Å². The summed E-state index contributed by atoms with van der Waals surface area (Å²) in [5.74, 6) is -2.78. The molecule has 1 N–H and O–H groups in total. The van der Waals surface area contributed by atoms with Gasteiger partial charge in [0.1, 0.15) is 0 Å². The summed E-state index contributed by atoms with van der Waals surface area (Å²) in [5.41, 5.74) is -0.159. The van der Waals surface area contributed by atoms with E-state index in [4.69, 9.17) is 5.11 Å². The van der Waals surface area contributed by atoms with Gasteiger partial charge in [0, 0.05) is 5.56 Å². The summed E-state index contributed by atoms with van der Waals surface area (Å²) >= 11 is 0. The Balaban J connectivity index is 2.84. The zero-order chi connectivity index (χ0) is 12.3. The fourth-order valence-electron chi connectivity index (χ4n) is 1.13. The first kappa shape index (κ1) is 12.2. The highest BCUT2D eigenvalue weighted by Crippen LogP contribution is 2.21. The number of halogens is 3. The first-order valence-corrected chi connectivity index (χ1v) is 4.23. The zero-order valence-corrected chi connectivity index (χ0v) is 7.91. The molecule has 0 spiro atoms. The van der Waals surface area contributed by atoms with Crippen molar-refractivity contribution in [2.45, 2.75) is 12.6 Å². The molecule has 0 atom stereocenters. The molecule has 16 heavy (non-hydrogen) atoms. The molecule has 0 saturated carbocycles. The molecule has 0 amide bonds. The number of alkyl halides is 3. The minimum atomic E-state index is -4.32. The van der Waals surface area contributed by atoms with E-state index in [1.54, 1.807) is 0 Å². The lowest BCUT2D eigenvalue weighted by Gasteiger charge is -2.06. The van der Waals surface area contributed by atoms with Crippen molar-refractivity contribution in [2.75, 3.05) is 0 Å². The van der Waals surface area contributed by atoms with Crippen LogP contribution in [-0.4, -0.2) is 23.0 Å². The number of hydrogen-bond acceptors (Lipinski definition) is 2. The van der Waals surface area contributed by atoms with E-state index < -0.39 is 24.3 Å². The third-order valence-electron chi connectivity index (χ3n) is 1.81. The van der Waals surface area contributed by atoms with Crippen LogP contribution in [0.15, 0.2) is 24.3 Å². The van der Waals surface area contributed by atoms with E-state index in [9.17, 15) is 22.8 Å². The molecule has 0 aromatic heterocycles. The normalized spacial score (nSPS) is 11.2. The monoisotopic (exact) mass is 232 g/mol. The fraction of sp³-hybridized carbons (Fsp3) is 0.200. The van der Waals surface area contributed by atoms with Crippen molar-refractivity contribution in [2.24, 2.45) is 0 Å². The van der Waals surface area contributed by atoms with E-state index in [-0.39, 0.29) is 11.1 Å². The van der Waals surface area contributed by atoms with Crippen LogP contribution in [0.5, 0.6) is 0 Å². The van der Waals surface area contributed by atoms with Crippen LogP contribution >= 0.6 is 0 Å². The summed E-state index contributed by atoms with van der Waals surface area (Å²) in [6, 6.07) is 4.31. The summed E-state index contributed by atoms with van der Waals surface area (Å²) < 4.78 is 35.9. The Hall–Kier alpha value is -1.85. The number of benzene rings is 1. The molecule has 1 aromatic carbocycles. The van der Waals surface area contributed by atoms with Gasteiger partial charge in [-0.1, -0.05) is 24.3 Å². The highest BCUT2D eigenvalue weighted by atomic mass is 19.4. The van der Waals surface area contributed by atoms with E-state index >= 15 is 0 Å². The molecule has 0 radical (unpaired) electrons. The van der Waals surface area contributed by atoms with Crippen molar-refractivity contribution in [3.63, 3.8) is 0 Å². The number of Topliss-reactive ketones (excluding diaryl/α,β-unsaturated/α-hetero) is 1. The third-order valence-corrected chi connectivity index (χ3v) is 1.81. The number of rotatable bonds is 3. The lowest BCUT2D eigenvalue weighted by Crippen LogP contribution is -2.14. The molecule has 0 heterocycles. The summed E-state index contributed by atoms with van der Waals surface area (Å²) in [6.45, 7) is 0. The van der Waals surface area contributed by atoms with Gasteiger partial charge in [0.05, 0.1) is 6.42 Å². The predicted molar refractivity (Wildman–Crippen MR) is 48.2 cm³/mol. The number of hydrogen-bond donors (Lipinski definition) is 1. The first-order valence-electron chi connectivity index (χ1n) is 4.23. The number of carboxylic acids is 1. The minimum Gasteiger partial charge on any atom is -0.475 e. The SMILES string of the molecule is O=C(O)C(=O)c1ccc(CC(F)(F)F)cc1. The number of carboxylic acid groups (broad SMARTS) is 1. The standard InChI is InChI=1S/C10H7F3O3/c11-10(12,13)5-6-1-3-7(4-2-6)8(14)9(15)16/h1-4H,5H2,(H,15,16). The molecule has 6 heteroatoms. The molecule has 3 nitrogen and oxygen atoms in total. The molecular formula is C10H7F3O3. The molecule has 1 rings (SSSR count). The van der Waals surface area contributed by atoms with Crippen LogP contribution in [0, 0.1) is 0 Å². The third kappa shape index (κ3) is 3.38. The Morgan fingerprint density at radius 3 is 2.00 bits per heavy atom. The van der Waals surface area contributed by atoms with Gasteiger partial charge in [-0.3, -0.25) is 4.79 Å². The van der Waals surface area contributed by atoms with Crippen LogP contribution in [0.25, 0.3) is 0 Å². The van der Waals surface area contributed by atoms with Gasteiger partial charge >= 0.3 is 12.1 Å². The van der Waals surface area contributed by atoms with Crippen LogP contribution in [0.2, 0.25) is 0 Å². The van der Waals surface area contributed by atoms with Gasteiger partial charge in [0.2, 0.25) is 0 Å². The number of ketones is 1. The molecule has 86 valence electrons. The smallest absolute Gasteiger partial charge is 0.393 e. The van der Waals surface area contributed by atoms with Crippen molar-refractivity contribution >= 4 is 11.8 Å². The van der Waals surface area contributed by atoms with Crippen LogP contribution in [-0.2, 0) is 11.2 Å². The molecule has 1 aromatic rings. The molecular weight excluding hydrogens is 225 g/mol. The van der Waals surface area contributed by atoms with Gasteiger partial charge in [-0.25, -0.2) is 4.79 Å². The summed E-state index contributed by atoms with van der Waals surface area (Å²) in [6.07, 6.45) is -5.42. The Morgan fingerprint density at radius 1 is 1.12 bits per heavy atom. The quantitative estimate of drug-likeness (QED) is 0.641. The topological polar surface area (TPSA) is 54.4 Å². The summed E-state index contributed by atoms with van der Waals surface area (Å²) in [5, 5.41) is 8.36. The molecule has 0 aliphatic rings. The molecule has 0 bridgehead atoms. The second kappa shape index (κ2) is 4.34. The molecule has 0 aliphatic heterocycles. The van der Waals surface area contributed by atoms with Gasteiger partial charge in [-0.2, -0.15) is 13.2 Å². The highest BCUT2D eigenvalue weighted by Gasteiger charge is 2.27. The van der Waals surface area contributed by atoms with Gasteiger partial charge in [0.25, 0.3) is 5.78 Å². The predicted octanol–water partition coefficient (Wildman–Crippen LogP) is 2.06. The van der Waals surface area contributed by atoms with Crippen molar-refractivity contribution in [3.8, 4) is 0 Å². The van der Waals surface area contributed by atoms with Crippen LogP contribution < -0.4 is 0 Å². The number of carbonyl (C=O) groups is 2. The Kier molecular flexibility index (Phi) is 3.31. The van der Waals surface area contributed by atoms with Crippen molar-refractivity contribution in [1.82, 2.24) is 0 Å². The van der Waals surface area contributed by atoms with Gasteiger partial charge in [0.15, 0.2) is 0 Å². The van der Waals surface area contributed by atoms with E-state index in [2.05, 4.69) is 0 Å². The minimum absolute atomic E-state index is 0.0190. The maximum atomic E-state index is 12.0. The van der Waals surface area contributed by atoms with Gasteiger partial charge in [-0.15, -0.1) is 0 Å². The molecule has 0 saturated heterocycles. The Morgan fingerprint density at radius 2 is 1.62 bits per heavy atom. The van der Waals surface area contributed by atoms with Gasteiger partial charge in [-0.05, 0) is 5.56 Å². The Bertz CT molecular complexity index is 406. The van der Waals surface area contributed by atoms with Gasteiger partial charge < -0.3 is 5.11 Å². The average Bonchev–Trinajstić information content (AvgIpc) is 2.15. The van der Waals surface area contributed by atoms with Crippen molar-refractivity contribution < 1.29 is 27.9 Å². The highest BCUT2D eigenvalue weighted by molar-refractivity contribution is 6.39. The van der Waals surface area contributed by atoms with E-state index in [0.29, 0.717) is 0 Å². The maximum absolute atomic E-state index is 12.0. The molecule has 0 fully saturated rings. The number of aliphatic carboxylic acids is 1. The van der Waals surface area contributed by atoms with Crippen molar-refractivity contribution in [1.29, 1.82) is 0 Å². The van der Waals surface area contributed by atoms with E-state index in [0.717, 1.165) is 24.3 Å². The average molecular weight is 232 g/mol. The fourth-order valence-corrected chi connectivity index (χ4v) is 1.13. The zero-order valence-electron chi connectivity index (χ0n) is 7.91. The van der Waals surface area contributed by atoms with Crippen molar-refractivity contribution in [3.05, 3.63) is 35.4 Å². The van der Waals surface area contributed by atoms with Crippen LogP contribution in [0.4, 0.5) is 13.2 Å². The Labute approximate surface area is 88.5 Å². The number of carbonyl (C=O) groups excluding carboxylic acids is 1. The first-order chi connectivity index (χ1) is 7.29. The maximum Gasteiger partial charge on any atom is 0.393 e. The van der Waals surface area contributed by atoms with E-state index in [1.165, 1.54) is 0 Å². The molecule has 0 aliphatic carbocycles.